The molecule has 30 heavy (non-hydrogen) atoms. The van der Waals surface area contributed by atoms with Crippen molar-refractivity contribution in [1.82, 2.24) is 4.90 Å². The van der Waals surface area contributed by atoms with Gasteiger partial charge in [0.15, 0.2) is 11.5 Å². The van der Waals surface area contributed by atoms with E-state index < -0.39 is 12.0 Å². The van der Waals surface area contributed by atoms with E-state index in [9.17, 15) is 9.59 Å². The maximum atomic E-state index is 12.7. The van der Waals surface area contributed by atoms with Crippen molar-refractivity contribution < 1.29 is 28.5 Å². The van der Waals surface area contributed by atoms with Gasteiger partial charge in [-0.05, 0) is 5.56 Å². The van der Waals surface area contributed by atoms with Gasteiger partial charge >= 0.3 is 5.97 Å². The number of benzene rings is 2. The van der Waals surface area contributed by atoms with Gasteiger partial charge in [0, 0.05) is 30.9 Å². The van der Waals surface area contributed by atoms with Crippen LogP contribution in [0, 0.1) is 0 Å². The molecule has 1 aliphatic rings. The van der Waals surface area contributed by atoms with Gasteiger partial charge in [-0.25, -0.2) is 0 Å². The molecule has 0 spiro atoms. The Balaban J connectivity index is 1.72. The first-order valence-electron chi connectivity index (χ1n) is 9.60. The number of nitrogens with zero attached hydrogens (tertiary/aromatic N) is 1. The van der Waals surface area contributed by atoms with E-state index in [1.54, 1.807) is 12.1 Å². The van der Waals surface area contributed by atoms with Crippen LogP contribution in [-0.4, -0.2) is 57.3 Å². The Morgan fingerprint density at radius 1 is 1.10 bits per heavy atom. The predicted molar refractivity (Wildman–Crippen MR) is 111 cm³/mol. The van der Waals surface area contributed by atoms with Crippen molar-refractivity contribution >= 4 is 17.6 Å². The number of morpholine rings is 1. The third-order valence-electron chi connectivity index (χ3n) is 4.89. The first kappa shape index (κ1) is 21.4. The van der Waals surface area contributed by atoms with Crippen molar-refractivity contribution in [1.29, 1.82) is 0 Å². The Labute approximate surface area is 175 Å². The second kappa shape index (κ2) is 9.98. The molecule has 0 saturated carbocycles. The number of esters is 1. The SMILES string of the molecule is COc1cc(NC(=O)CC2C(=O)OCCN2Cc2ccccc2)cc(OC)c1OC. The average molecular weight is 414 g/mol. The number of anilines is 1. The van der Waals surface area contributed by atoms with Crippen LogP contribution in [0.5, 0.6) is 17.2 Å². The summed E-state index contributed by atoms with van der Waals surface area (Å²) in [7, 11) is 4.51. The van der Waals surface area contributed by atoms with Crippen LogP contribution in [-0.2, 0) is 20.9 Å². The van der Waals surface area contributed by atoms with E-state index >= 15 is 0 Å². The standard InChI is InChI=1S/C22H26N2O6/c1-27-18-11-16(12-19(28-2)21(18)29-3)23-20(25)13-17-22(26)30-10-9-24(17)14-15-7-5-4-6-8-15/h4-8,11-12,17H,9-10,13-14H2,1-3H3,(H,23,25). The van der Waals surface area contributed by atoms with E-state index in [-0.39, 0.29) is 12.3 Å². The summed E-state index contributed by atoms with van der Waals surface area (Å²) in [6.07, 6.45) is -0.0255. The zero-order valence-corrected chi connectivity index (χ0v) is 17.3. The Morgan fingerprint density at radius 3 is 2.37 bits per heavy atom. The monoisotopic (exact) mass is 414 g/mol. The Morgan fingerprint density at radius 2 is 1.77 bits per heavy atom. The van der Waals surface area contributed by atoms with Crippen molar-refractivity contribution in [3.05, 3.63) is 48.0 Å². The van der Waals surface area contributed by atoms with Gasteiger partial charge in [-0.2, -0.15) is 0 Å². The van der Waals surface area contributed by atoms with Crippen LogP contribution in [0.4, 0.5) is 5.69 Å². The van der Waals surface area contributed by atoms with Gasteiger partial charge in [-0.15, -0.1) is 0 Å². The van der Waals surface area contributed by atoms with Crippen molar-refractivity contribution in [3.8, 4) is 17.2 Å². The summed E-state index contributed by atoms with van der Waals surface area (Å²) in [5, 5.41) is 2.81. The number of nitrogens with one attached hydrogen (secondary N) is 1. The average Bonchev–Trinajstić information content (AvgIpc) is 2.76. The highest BCUT2D eigenvalue weighted by molar-refractivity contribution is 5.95. The number of carbonyl (C=O) groups excluding carboxylic acids is 2. The smallest absolute Gasteiger partial charge is 0.323 e. The highest BCUT2D eigenvalue weighted by Gasteiger charge is 2.33. The highest BCUT2D eigenvalue weighted by atomic mass is 16.5. The zero-order valence-electron chi connectivity index (χ0n) is 17.3. The zero-order chi connectivity index (χ0) is 21.5. The lowest BCUT2D eigenvalue weighted by atomic mass is 10.1. The molecule has 0 bridgehead atoms. The molecular formula is C22H26N2O6. The predicted octanol–water partition coefficient (Wildman–Crippen LogP) is 2.47. The van der Waals surface area contributed by atoms with Crippen LogP contribution in [0.25, 0.3) is 0 Å². The second-order valence-corrected chi connectivity index (χ2v) is 6.81. The molecule has 1 amide bonds. The van der Waals surface area contributed by atoms with E-state index in [2.05, 4.69) is 5.32 Å². The summed E-state index contributed by atoms with van der Waals surface area (Å²) in [6.45, 7) is 1.46. The molecule has 1 atom stereocenters. The first-order valence-corrected chi connectivity index (χ1v) is 9.60. The number of amides is 1. The Hall–Kier alpha value is -3.26. The van der Waals surface area contributed by atoms with E-state index in [1.165, 1.54) is 21.3 Å². The summed E-state index contributed by atoms with van der Waals surface area (Å²) in [4.78, 5) is 27.1. The fourth-order valence-corrected chi connectivity index (χ4v) is 3.43. The Kier molecular flexibility index (Phi) is 7.13. The molecule has 1 unspecified atom stereocenters. The molecule has 3 rings (SSSR count). The number of rotatable bonds is 8. The molecule has 1 aliphatic heterocycles. The van der Waals surface area contributed by atoms with E-state index in [4.69, 9.17) is 18.9 Å². The van der Waals surface area contributed by atoms with Gasteiger partial charge < -0.3 is 24.3 Å². The minimum absolute atomic E-state index is 0.0255. The van der Waals surface area contributed by atoms with Gasteiger partial charge in [0.05, 0.1) is 27.8 Å². The molecule has 8 heteroatoms. The second-order valence-electron chi connectivity index (χ2n) is 6.81. The molecule has 1 saturated heterocycles. The number of hydrogen-bond donors (Lipinski definition) is 1. The molecule has 0 aromatic heterocycles. The minimum Gasteiger partial charge on any atom is -0.493 e. The van der Waals surface area contributed by atoms with Crippen LogP contribution in [0.1, 0.15) is 12.0 Å². The lowest BCUT2D eigenvalue weighted by Gasteiger charge is -2.33. The number of cyclic esters (lactones) is 1. The van der Waals surface area contributed by atoms with Crippen molar-refractivity contribution in [2.45, 2.75) is 19.0 Å². The maximum Gasteiger partial charge on any atom is 0.323 e. The number of methoxy groups -OCH3 is 3. The third kappa shape index (κ3) is 5.01. The summed E-state index contributed by atoms with van der Waals surface area (Å²) in [5.41, 5.74) is 1.55. The van der Waals surface area contributed by atoms with Crippen molar-refractivity contribution in [2.75, 3.05) is 39.8 Å². The molecule has 8 nitrogen and oxygen atoms in total. The van der Waals surface area contributed by atoms with Gasteiger partial charge in [-0.1, -0.05) is 30.3 Å². The van der Waals surface area contributed by atoms with Crippen LogP contribution < -0.4 is 19.5 Å². The van der Waals surface area contributed by atoms with Crippen molar-refractivity contribution in [2.24, 2.45) is 0 Å². The van der Waals surface area contributed by atoms with Crippen LogP contribution in [0.3, 0.4) is 0 Å². The summed E-state index contributed by atoms with van der Waals surface area (Å²) in [5.74, 6) is 0.580. The van der Waals surface area contributed by atoms with E-state index in [0.29, 0.717) is 42.6 Å². The molecule has 2 aromatic carbocycles. The first-order chi connectivity index (χ1) is 14.5. The summed E-state index contributed by atoms with van der Waals surface area (Å²) < 4.78 is 21.1. The van der Waals surface area contributed by atoms with Crippen molar-refractivity contribution in [3.63, 3.8) is 0 Å². The highest BCUT2D eigenvalue weighted by Crippen LogP contribution is 2.40. The van der Waals surface area contributed by atoms with E-state index in [0.717, 1.165) is 5.56 Å². The summed E-state index contributed by atoms with van der Waals surface area (Å²) in [6, 6.07) is 12.4. The largest absolute Gasteiger partial charge is 0.493 e. The molecule has 0 radical (unpaired) electrons. The quantitative estimate of drug-likeness (QED) is 0.664. The van der Waals surface area contributed by atoms with Crippen LogP contribution in [0.2, 0.25) is 0 Å². The van der Waals surface area contributed by atoms with Gasteiger partial charge in [0.1, 0.15) is 12.6 Å². The van der Waals surface area contributed by atoms with Gasteiger partial charge in [0.25, 0.3) is 0 Å². The van der Waals surface area contributed by atoms with Gasteiger partial charge in [-0.3, -0.25) is 14.5 Å². The topological polar surface area (TPSA) is 86.3 Å². The maximum absolute atomic E-state index is 12.7. The van der Waals surface area contributed by atoms with Crippen LogP contribution >= 0.6 is 0 Å². The normalized spacial score (nSPS) is 16.5. The summed E-state index contributed by atoms with van der Waals surface area (Å²) >= 11 is 0. The van der Waals surface area contributed by atoms with Crippen LogP contribution in [0.15, 0.2) is 42.5 Å². The third-order valence-corrected chi connectivity index (χ3v) is 4.89. The molecule has 1 N–H and O–H groups in total. The molecule has 160 valence electrons. The fraction of sp³-hybridized carbons (Fsp3) is 0.364. The van der Waals surface area contributed by atoms with Gasteiger partial charge in [0.2, 0.25) is 11.7 Å². The minimum atomic E-state index is -0.652. The molecule has 1 fully saturated rings. The van der Waals surface area contributed by atoms with E-state index in [1.807, 2.05) is 35.2 Å². The lowest BCUT2D eigenvalue weighted by molar-refractivity contribution is -0.159. The fourth-order valence-electron chi connectivity index (χ4n) is 3.43. The number of ether oxygens (including phenoxy) is 4. The Bertz CT molecular complexity index is 861. The lowest BCUT2D eigenvalue weighted by Crippen LogP contribution is -2.49. The number of hydrogen-bond acceptors (Lipinski definition) is 7. The molecule has 1 heterocycles. The molecule has 2 aromatic rings. The molecule has 0 aliphatic carbocycles. The molecular weight excluding hydrogens is 388 g/mol. The number of carbonyl (C=O) groups is 2.